The van der Waals surface area contributed by atoms with Gasteiger partial charge in [0.05, 0.1) is 18.6 Å². The minimum absolute atomic E-state index is 0.292. The van der Waals surface area contributed by atoms with Gasteiger partial charge in [-0.2, -0.15) is 0 Å². The Kier molecular flexibility index (Phi) is 3.10. The number of nitrogens with zero attached hydrogens (tertiary/aromatic N) is 2. The van der Waals surface area contributed by atoms with Crippen molar-refractivity contribution in [3.05, 3.63) is 42.5 Å². The van der Waals surface area contributed by atoms with Crippen molar-refractivity contribution in [2.75, 3.05) is 11.4 Å². The van der Waals surface area contributed by atoms with Crippen molar-refractivity contribution in [2.24, 2.45) is 0 Å². The van der Waals surface area contributed by atoms with Gasteiger partial charge in [0.15, 0.2) is 0 Å². The average molecular weight is 217 g/mol. The molecular formula is C12H15N3O. The SMILES string of the molecule is CCN(Cc1cnc[nH]1)c1cccc(O)c1. The molecule has 0 bridgehead atoms. The second kappa shape index (κ2) is 4.70. The lowest BCUT2D eigenvalue weighted by atomic mass is 10.2. The third-order valence-electron chi connectivity index (χ3n) is 2.49. The summed E-state index contributed by atoms with van der Waals surface area (Å²) in [6.07, 6.45) is 3.48. The quantitative estimate of drug-likeness (QED) is 0.825. The number of nitrogens with one attached hydrogen (secondary N) is 1. The molecule has 1 aromatic carbocycles. The summed E-state index contributed by atoms with van der Waals surface area (Å²) in [5.74, 6) is 0.292. The summed E-state index contributed by atoms with van der Waals surface area (Å²) >= 11 is 0. The number of anilines is 1. The Balaban J connectivity index is 2.16. The van der Waals surface area contributed by atoms with E-state index in [-0.39, 0.29) is 0 Å². The van der Waals surface area contributed by atoms with E-state index >= 15 is 0 Å². The number of aromatic amines is 1. The molecule has 4 heteroatoms. The van der Waals surface area contributed by atoms with Gasteiger partial charge in [0.2, 0.25) is 0 Å². The molecule has 0 aliphatic rings. The second-order valence-corrected chi connectivity index (χ2v) is 3.61. The molecule has 1 heterocycles. The fraction of sp³-hybridized carbons (Fsp3) is 0.250. The summed E-state index contributed by atoms with van der Waals surface area (Å²) in [4.78, 5) is 9.22. The van der Waals surface area contributed by atoms with Gasteiger partial charge in [-0.05, 0) is 19.1 Å². The molecule has 0 saturated heterocycles. The monoisotopic (exact) mass is 217 g/mol. The predicted octanol–water partition coefficient (Wildman–Crippen LogP) is 2.14. The fourth-order valence-electron chi connectivity index (χ4n) is 1.65. The molecule has 84 valence electrons. The van der Waals surface area contributed by atoms with Crippen LogP contribution in [0.25, 0.3) is 0 Å². The molecule has 2 N–H and O–H groups in total. The summed E-state index contributed by atoms with van der Waals surface area (Å²) in [5.41, 5.74) is 2.07. The smallest absolute Gasteiger partial charge is 0.117 e. The highest BCUT2D eigenvalue weighted by Crippen LogP contribution is 2.21. The van der Waals surface area contributed by atoms with Crippen LogP contribution in [0.1, 0.15) is 12.6 Å². The first-order valence-corrected chi connectivity index (χ1v) is 5.31. The van der Waals surface area contributed by atoms with Crippen molar-refractivity contribution >= 4 is 5.69 Å². The summed E-state index contributed by atoms with van der Waals surface area (Å²) in [6, 6.07) is 7.27. The Hall–Kier alpha value is -1.97. The molecular weight excluding hydrogens is 202 g/mol. The highest BCUT2D eigenvalue weighted by atomic mass is 16.3. The third kappa shape index (κ3) is 2.34. The van der Waals surface area contributed by atoms with Crippen molar-refractivity contribution in [3.8, 4) is 5.75 Å². The third-order valence-corrected chi connectivity index (χ3v) is 2.49. The Morgan fingerprint density at radius 3 is 2.94 bits per heavy atom. The Morgan fingerprint density at radius 2 is 2.31 bits per heavy atom. The molecule has 2 rings (SSSR count). The maximum absolute atomic E-state index is 9.44. The Bertz CT molecular complexity index is 439. The molecule has 0 spiro atoms. The van der Waals surface area contributed by atoms with Crippen molar-refractivity contribution < 1.29 is 5.11 Å². The van der Waals surface area contributed by atoms with Crippen molar-refractivity contribution in [2.45, 2.75) is 13.5 Å². The van der Waals surface area contributed by atoms with Gasteiger partial charge in [0, 0.05) is 24.5 Å². The lowest BCUT2D eigenvalue weighted by molar-refractivity contribution is 0.475. The molecule has 4 nitrogen and oxygen atoms in total. The summed E-state index contributed by atoms with van der Waals surface area (Å²) in [6.45, 7) is 3.73. The lowest BCUT2D eigenvalue weighted by Crippen LogP contribution is -2.21. The number of imidazole rings is 1. The van der Waals surface area contributed by atoms with Gasteiger partial charge in [0.25, 0.3) is 0 Å². The van der Waals surface area contributed by atoms with Crippen LogP contribution in [0.4, 0.5) is 5.69 Å². The van der Waals surface area contributed by atoms with Gasteiger partial charge in [-0.15, -0.1) is 0 Å². The maximum Gasteiger partial charge on any atom is 0.117 e. The first-order valence-electron chi connectivity index (χ1n) is 5.31. The molecule has 0 unspecified atom stereocenters. The van der Waals surface area contributed by atoms with Crippen LogP contribution < -0.4 is 4.90 Å². The molecule has 0 atom stereocenters. The Morgan fingerprint density at radius 1 is 1.44 bits per heavy atom. The number of phenols is 1. The molecule has 1 aromatic heterocycles. The van der Waals surface area contributed by atoms with E-state index in [4.69, 9.17) is 0 Å². The van der Waals surface area contributed by atoms with E-state index in [2.05, 4.69) is 21.8 Å². The molecule has 0 amide bonds. The van der Waals surface area contributed by atoms with Crippen LogP contribution in [0.3, 0.4) is 0 Å². The standard InChI is InChI=1S/C12H15N3O/c1-2-15(8-10-7-13-9-14-10)11-4-3-5-12(16)6-11/h3-7,9,16H,2,8H2,1H3,(H,13,14). The van der Waals surface area contributed by atoms with Gasteiger partial charge in [-0.25, -0.2) is 4.98 Å². The minimum atomic E-state index is 0.292. The molecule has 0 aliphatic carbocycles. The predicted molar refractivity (Wildman–Crippen MR) is 63.4 cm³/mol. The van der Waals surface area contributed by atoms with Crippen LogP contribution in [-0.4, -0.2) is 21.6 Å². The summed E-state index contributed by atoms with van der Waals surface area (Å²) in [5, 5.41) is 9.44. The van der Waals surface area contributed by atoms with Crippen LogP contribution in [0, 0.1) is 0 Å². The van der Waals surface area contributed by atoms with E-state index in [0.29, 0.717) is 5.75 Å². The van der Waals surface area contributed by atoms with Crippen LogP contribution in [0.5, 0.6) is 5.75 Å². The second-order valence-electron chi connectivity index (χ2n) is 3.61. The van der Waals surface area contributed by atoms with Crippen molar-refractivity contribution in [3.63, 3.8) is 0 Å². The number of phenolic OH excluding ortho intramolecular Hbond substituents is 1. The van der Waals surface area contributed by atoms with Gasteiger partial charge in [-0.1, -0.05) is 6.07 Å². The number of hydrogen-bond acceptors (Lipinski definition) is 3. The average Bonchev–Trinajstić information content (AvgIpc) is 2.78. The molecule has 0 fully saturated rings. The van der Waals surface area contributed by atoms with Gasteiger partial charge in [-0.3, -0.25) is 0 Å². The topological polar surface area (TPSA) is 52.2 Å². The molecule has 2 aromatic rings. The molecule has 0 aliphatic heterocycles. The van der Waals surface area contributed by atoms with E-state index in [9.17, 15) is 5.11 Å². The van der Waals surface area contributed by atoms with E-state index in [1.54, 1.807) is 18.5 Å². The van der Waals surface area contributed by atoms with E-state index in [1.165, 1.54) is 0 Å². The van der Waals surface area contributed by atoms with Gasteiger partial charge in [0.1, 0.15) is 5.75 Å². The Labute approximate surface area is 94.6 Å². The number of aromatic nitrogens is 2. The van der Waals surface area contributed by atoms with E-state index in [0.717, 1.165) is 24.5 Å². The zero-order chi connectivity index (χ0) is 11.4. The van der Waals surface area contributed by atoms with Gasteiger partial charge >= 0.3 is 0 Å². The number of benzene rings is 1. The largest absolute Gasteiger partial charge is 0.508 e. The van der Waals surface area contributed by atoms with Crippen LogP contribution in [0.15, 0.2) is 36.8 Å². The van der Waals surface area contributed by atoms with E-state index < -0.39 is 0 Å². The first-order chi connectivity index (χ1) is 7.79. The summed E-state index contributed by atoms with van der Waals surface area (Å²) < 4.78 is 0. The molecule has 0 radical (unpaired) electrons. The number of rotatable bonds is 4. The maximum atomic E-state index is 9.44. The number of hydrogen-bond donors (Lipinski definition) is 2. The van der Waals surface area contributed by atoms with Crippen LogP contribution in [-0.2, 0) is 6.54 Å². The fourth-order valence-corrected chi connectivity index (χ4v) is 1.65. The normalized spacial score (nSPS) is 10.3. The lowest BCUT2D eigenvalue weighted by Gasteiger charge is -2.22. The zero-order valence-corrected chi connectivity index (χ0v) is 9.22. The van der Waals surface area contributed by atoms with Crippen LogP contribution in [0.2, 0.25) is 0 Å². The molecule has 16 heavy (non-hydrogen) atoms. The summed E-state index contributed by atoms with van der Waals surface area (Å²) in [7, 11) is 0. The zero-order valence-electron chi connectivity index (χ0n) is 9.22. The number of H-pyrrole nitrogens is 1. The van der Waals surface area contributed by atoms with Crippen molar-refractivity contribution in [1.82, 2.24) is 9.97 Å². The van der Waals surface area contributed by atoms with Crippen LogP contribution >= 0.6 is 0 Å². The number of aromatic hydroxyl groups is 1. The molecule has 0 saturated carbocycles. The van der Waals surface area contributed by atoms with Crippen molar-refractivity contribution in [1.29, 1.82) is 0 Å². The first kappa shape index (κ1) is 10.5. The minimum Gasteiger partial charge on any atom is -0.508 e. The highest BCUT2D eigenvalue weighted by Gasteiger charge is 2.06. The highest BCUT2D eigenvalue weighted by molar-refractivity contribution is 5.50. The van der Waals surface area contributed by atoms with E-state index in [1.807, 2.05) is 18.3 Å². The van der Waals surface area contributed by atoms with Gasteiger partial charge < -0.3 is 15.0 Å².